The molecule has 0 saturated carbocycles. The Morgan fingerprint density at radius 1 is 1.33 bits per heavy atom. The molecule has 7 nitrogen and oxygen atoms in total. The number of nitrogens with two attached hydrogens (primary N) is 1. The van der Waals surface area contributed by atoms with Gasteiger partial charge in [0.2, 0.25) is 0 Å². The van der Waals surface area contributed by atoms with Crippen LogP contribution in [0.5, 0.6) is 0 Å². The molecule has 108 valence electrons. The Hall–Kier alpha value is -2.54. The number of nitrogen functional groups attached to an aromatic ring is 1. The third kappa shape index (κ3) is 2.68. The zero-order valence-electron chi connectivity index (χ0n) is 11.4. The highest BCUT2D eigenvalue weighted by Crippen LogP contribution is 2.23. The molecule has 1 aliphatic rings. The van der Waals surface area contributed by atoms with Crippen molar-refractivity contribution in [2.45, 2.75) is 6.04 Å². The Morgan fingerprint density at radius 3 is 2.95 bits per heavy atom. The van der Waals surface area contributed by atoms with Crippen LogP contribution in [0.3, 0.4) is 0 Å². The lowest BCUT2D eigenvalue weighted by Crippen LogP contribution is -2.49. The van der Waals surface area contributed by atoms with E-state index >= 15 is 0 Å². The Morgan fingerprint density at radius 2 is 2.19 bits per heavy atom. The molecule has 2 aromatic rings. The molecule has 1 aliphatic heterocycles. The van der Waals surface area contributed by atoms with E-state index < -0.39 is 0 Å². The van der Waals surface area contributed by atoms with E-state index in [-0.39, 0.29) is 23.5 Å². The van der Waals surface area contributed by atoms with Crippen molar-refractivity contribution < 1.29 is 4.79 Å². The van der Waals surface area contributed by atoms with Gasteiger partial charge in [-0.25, -0.2) is 9.97 Å². The van der Waals surface area contributed by atoms with Crippen molar-refractivity contribution in [1.82, 2.24) is 25.2 Å². The average Bonchev–Trinajstić information content (AvgIpc) is 2.55. The number of carbonyl (C=O) groups is 1. The maximum absolute atomic E-state index is 12.7. The maximum Gasteiger partial charge on any atom is 0.276 e. The van der Waals surface area contributed by atoms with Crippen molar-refractivity contribution in [3.8, 4) is 0 Å². The number of amides is 1. The van der Waals surface area contributed by atoms with Crippen molar-refractivity contribution in [1.29, 1.82) is 0 Å². The number of aromatic nitrogens is 3. The fraction of sp³-hybridized carbons (Fsp3) is 0.286. The Bertz CT molecular complexity index is 632. The minimum absolute atomic E-state index is 0.0821. The Labute approximate surface area is 122 Å². The van der Waals surface area contributed by atoms with Crippen LogP contribution in [0.15, 0.2) is 36.9 Å². The number of anilines is 1. The molecule has 1 amide bonds. The van der Waals surface area contributed by atoms with Crippen LogP contribution in [0.4, 0.5) is 5.82 Å². The van der Waals surface area contributed by atoms with Crippen LogP contribution in [0.2, 0.25) is 0 Å². The van der Waals surface area contributed by atoms with Crippen molar-refractivity contribution >= 4 is 11.7 Å². The van der Waals surface area contributed by atoms with Crippen molar-refractivity contribution in [3.63, 3.8) is 0 Å². The summed E-state index contributed by atoms with van der Waals surface area (Å²) in [4.78, 5) is 26.6. The topological polar surface area (TPSA) is 97.0 Å². The van der Waals surface area contributed by atoms with E-state index in [1.165, 1.54) is 12.4 Å². The number of hydrogen-bond acceptors (Lipinski definition) is 6. The van der Waals surface area contributed by atoms with Gasteiger partial charge >= 0.3 is 0 Å². The Kier molecular flexibility index (Phi) is 3.74. The second kappa shape index (κ2) is 5.84. The number of rotatable bonds is 2. The van der Waals surface area contributed by atoms with Crippen LogP contribution < -0.4 is 11.1 Å². The van der Waals surface area contributed by atoms with Crippen molar-refractivity contribution in [3.05, 3.63) is 48.2 Å². The van der Waals surface area contributed by atoms with E-state index in [4.69, 9.17) is 5.73 Å². The molecule has 1 unspecified atom stereocenters. The highest BCUT2D eigenvalue weighted by Gasteiger charge is 2.30. The second-order valence-electron chi connectivity index (χ2n) is 4.80. The zero-order valence-corrected chi connectivity index (χ0v) is 11.4. The molecule has 0 spiro atoms. The Balaban J connectivity index is 1.91. The van der Waals surface area contributed by atoms with Gasteiger partial charge in [0.15, 0.2) is 11.5 Å². The molecule has 0 aromatic carbocycles. The number of pyridine rings is 1. The van der Waals surface area contributed by atoms with E-state index in [0.29, 0.717) is 13.1 Å². The predicted octanol–water partition coefficient (Wildman–Crippen LogP) is 0.240. The summed E-state index contributed by atoms with van der Waals surface area (Å²) < 4.78 is 0. The van der Waals surface area contributed by atoms with Gasteiger partial charge in [0.25, 0.3) is 5.91 Å². The maximum atomic E-state index is 12.7. The number of nitrogens with zero attached hydrogens (tertiary/aromatic N) is 4. The number of carbonyl (C=O) groups excluding carboxylic acids is 1. The third-order valence-corrected chi connectivity index (χ3v) is 3.50. The van der Waals surface area contributed by atoms with E-state index in [2.05, 4.69) is 20.3 Å². The lowest BCUT2D eigenvalue weighted by atomic mass is 10.0. The van der Waals surface area contributed by atoms with Gasteiger partial charge in [-0.2, -0.15) is 0 Å². The first kappa shape index (κ1) is 13.4. The fourth-order valence-electron chi connectivity index (χ4n) is 2.47. The van der Waals surface area contributed by atoms with Gasteiger partial charge < -0.3 is 16.0 Å². The molecule has 21 heavy (non-hydrogen) atoms. The monoisotopic (exact) mass is 284 g/mol. The van der Waals surface area contributed by atoms with Crippen LogP contribution in [-0.2, 0) is 0 Å². The standard InChI is InChI=1S/C14H16N6O/c15-13-12(18-4-5-19-13)14(21)20-7-6-17-9-11(20)10-2-1-3-16-8-10/h1-5,8,11,17H,6-7,9H2,(H2,15,19). The SMILES string of the molecule is Nc1nccnc1C(=O)N1CCNCC1c1cccnc1. The summed E-state index contributed by atoms with van der Waals surface area (Å²) in [5, 5.41) is 3.30. The first-order valence-electron chi connectivity index (χ1n) is 6.75. The van der Waals surface area contributed by atoms with Crippen LogP contribution in [0.1, 0.15) is 22.1 Å². The molecule has 1 saturated heterocycles. The van der Waals surface area contributed by atoms with Gasteiger partial charge in [-0.05, 0) is 11.6 Å². The summed E-state index contributed by atoms with van der Waals surface area (Å²) in [6.45, 7) is 2.01. The van der Waals surface area contributed by atoms with Gasteiger partial charge in [0.1, 0.15) is 0 Å². The van der Waals surface area contributed by atoms with E-state index in [1.54, 1.807) is 17.3 Å². The van der Waals surface area contributed by atoms with E-state index in [9.17, 15) is 4.79 Å². The summed E-state index contributed by atoms with van der Waals surface area (Å²) in [6.07, 6.45) is 6.44. The van der Waals surface area contributed by atoms with Gasteiger partial charge in [-0.15, -0.1) is 0 Å². The quantitative estimate of drug-likeness (QED) is 0.820. The largest absolute Gasteiger partial charge is 0.382 e. The molecule has 3 rings (SSSR count). The van der Waals surface area contributed by atoms with Crippen molar-refractivity contribution in [2.75, 3.05) is 25.4 Å². The zero-order chi connectivity index (χ0) is 14.7. The predicted molar refractivity (Wildman–Crippen MR) is 77.3 cm³/mol. The smallest absolute Gasteiger partial charge is 0.276 e. The summed E-state index contributed by atoms with van der Waals surface area (Å²) in [7, 11) is 0. The summed E-state index contributed by atoms with van der Waals surface area (Å²) >= 11 is 0. The molecule has 0 aliphatic carbocycles. The van der Waals surface area contributed by atoms with Gasteiger partial charge in [-0.1, -0.05) is 6.07 Å². The normalized spacial score (nSPS) is 18.5. The minimum Gasteiger partial charge on any atom is -0.382 e. The third-order valence-electron chi connectivity index (χ3n) is 3.50. The van der Waals surface area contributed by atoms with Crippen LogP contribution in [0, 0.1) is 0 Å². The molecular formula is C14H16N6O. The van der Waals surface area contributed by atoms with Gasteiger partial charge in [0, 0.05) is 44.4 Å². The summed E-state index contributed by atoms with van der Waals surface area (Å²) in [6, 6.07) is 3.75. The van der Waals surface area contributed by atoms with Crippen LogP contribution in [0.25, 0.3) is 0 Å². The minimum atomic E-state index is -0.198. The van der Waals surface area contributed by atoms with Gasteiger partial charge in [0.05, 0.1) is 6.04 Å². The van der Waals surface area contributed by atoms with E-state index in [0.717, 1.165) is 12.1 Å². The van der Waals surface area contributed by atoms with Crippen LogP contribution >= 0.6 is 0 Å². The van der Waals surface area contributed by atoms with E-state index in [1.807, 2.05) is 12.1 Å². The first-order valence-corrected chi connectivity index (χ1v) is 6.75. The second-order valence-corrected chi connectivity index (χ2v) is 4.80. The number of hydrogen-bond donors (Lipinski definition) is 2. The van der Waals surface area contributed by atoms with Crippen molar-refractivity contribution in [2.24, 2.45) is 0 Å². The van der Waals surface area contributed by atoms with Gasteiger partial charge in [-0.3, -0.25) is 9.78 Å². The lowest BCUT2D eigenvalue weighted by molar-refractivity contribution is 0.0628. The summed E-state index contributed by atoms with van der Waals surface area (Å²) in [5.74, 6) is -0.0399. The molecule has 0 bridgehead atoms. The molecule has 3 heterocycles. The summed E-state index contributed by atoms with van der Waals surface area (Å²) in [5.41, 5.74) is 6.95. The molecule has 0 radical (unpaired) electrons. The first-order chi connectivity index (χ1) is 10.3. The van der Waals surface area contributed by atoms with Crippen LogP contribution in [-0.4, -0.2) is 45.4 Å². The molecular weight excluding hydrogens is 268 g/mol. The molecule has 2 aromatic heterocycles. The lowest BCUT2D eigenvalue weighted by Gasteiger charge is -2.36. The highest BCUT2D eigenvalue weighted by atomic mass is 16.2. The molecule has 1 atom stereocenters. The number of nitrogens with one attached hydrogen (secondary N) is 1. The average molecular weight is 284 g/mol. The molecule has 7 heteroatoms. The molecule has 3 N–H and O–H groups in total. The number of piperazine rings is 1. The fourth-order valence-corrected chi connectivity index (χ4v) is 2.47. The highest BCUT2D eigenvalue weighted by molar-refractivity contribution is 5.96. The molecule has 1 fully saturated rings.